The topological polar surface area (TPSA) is 87.7 Å². The van der Waals surface area contributed by atoms with Crippen molar-refractivity contribution in [2.45, 2.75) is 38.1 Å². The van der Waals surface area contributed by atoms with Gasteiger partial charge < -0.3 is 15.4 Å². The van der Waals surface area contributed by atoms with Crippen molar-refractivity contribution in [3.63, 3.8) is 0 Å². The lowest BCUT2D eigenvalue weighted by atomic mass is 9.73. The van der Waals surface area contributed by atoms with E-state index >= 15 is 0 Å². The van der Waals surface area contributed by atoms with Crippen LogP contribution in [0.3, 0.4) is 0 Å². The zero-order valence-corrected chi connectivity index (χ0v) is 15.6. The van der Waals surface area contributed by atoms with E-state index in [1.807, 2.05) is 6.92 Å². The molecule has 140 valence electrons. The highest BCUT2D eigenvalue weighted by molar-refractivity contribution is 6.31. The van der Waals surface area contributed by atoms with Crippen LogP contribution in [0.4, 0.5) is 10.5 Å². The van der Waals surface area contributed by atoms with Crippen LogP contribution in [0.15, 0.2) is 18.2 Å². The van der Waals surface area contributed by atoms with Gasteiger partial charge in [0.15, 0.2) is 0 Å². The van der Waals surface area contributed by atoms with Crippen molar-refractivity contribution in [2.75, 3.05) is 19.0 Å². The number of hydrogen-bond acceptors (Lipinski definition) is 4. The van der Waals surface area contributed by atoms with Crippen molar-refractivity contribution < 1.29 is 19.1 Å². The van der Waals surface area contributed by atoms with Crippen molar-refractivity contribution in [1.29, 1.82) is 0 Å². The average Bonchev–Trinajstić information content (AvgIpc) is 2.83. The molecule has 1 aromatic carbocycles. The van der Waals surface area contributed by atoms with Gasteiger partial charge in [0.1, 0.15) is 17.8 Å². The molecule has 0 unspecified atom stereocenters. The molecule has 1 saturated heterocycles. The van der Waals surface area contributed by atoms with E-state index < -0.39 is 17.5 Å². The van der Waals surface area contributed by atoms with Crippen LogP contribution in [0.2, 0.25) is 5.02 Å². The molecule has 1 aromatic rings. The first-order valence-corrected chi connectivity index (χ1v) is 9.02. The Balaban J connectivity index is 1.73. The fourth-order valence-electron chi connectivity index (χ4n) is 3.75. The molecule has 0 radical (unpaired) electrons. The number of methoxy groups -OCH3 is 1. The van der Waals surface area contributed by atoms with Gasteiger partial charge in [0.2, 0.25) is 5.91 Å². The van der Waals surface area contributed by atoms with Crippen LogP contribution in [-0.4, -0.2) is 41.9 Å². The molecule has 26 heavy (non-hydrogen) atoms. The predicted octanol–water partition coefficient (Wildman–Crippen LogP) is 2.79. The minimum Gasteiger partial charge on any atom is -0.495 e. The number of carbonyl (C=O) groups is 3. The Bertz CT molecular complexity index is 754. The molecule has 2 fully saturated rings. The first kappa shape index (κ1) is 18.5. The largest absolute Gasteiger partial charge is 0.495 e. The van der Waals surface area contributed by atoms with Crippen LogP contribution in [0.25, 0.3) is 0 Å². The maximum Gasteiger partial charge on any atom is 0.325 e. The Hall–Kier alpha value is -2.28. The summed E-state index contributed by atoms with van der Waals surface area (Å²) in [4.78, 5) is 38.6. The maximum atomic E-state index is 12.9. The van der Waals surface area contributed by atoms with Crippen LogP contribution in [-0.2, 0) is 9.59 Å². The minimum atomic E-state index is -0.872. The van der Waals surface area contributed by atoms with E-state index in [1.54, 1.807) is 18.2 Å². The van der Waals surface area contributed by atoms with Gasteiger partial charge in [-0.05, 0) is 37.0 Å². The molecule has 1 spiro atoms. The number of hydrogen-bond donors (Lipinski definition) is 2. The molecule has 7 nitrogen and oxygen atoms in total. The quantitative estimate of drug-likeness (QED) is 0.787. The van der Waals surface area contributed by atoms with Gasteiger partial charge in [0.05, 0.1) is 12.8 Å². The molecular weight excluding hydrogens is 358 g/mol. The van der Waals surface area contributed by atoms with E-state index in [0.717, 1.165) is 24.2 Å². The second-order valence-corrected chi connectivity index (χ2v) is 7.27. The minimum absolute atomic E-state index is 0.0498. The molecule has 1 saturated carbocycles. The van der Waals surface area contributed by atoms with Crippen molar-refractivity contribution in [3.8, 4) is 5.75 Å². The van der Waals surface area contributed by atoms with Gasteiger partial charge in [0.25, 0.3) is 5.91 Å². The summed E-state index contributed by atoms with van der Waals surface area (Å²) in [5.41, 5.74) is -0.485. The predicted molar refractivity (Wildman–Crippen MR) is 97.2 cm³/mol. The number of imide groups is 1. The first-order chi connectivity index (χ1) is 12.4. The summed E-state index contributed by atoms with van der Waals surface area (Å²) in [5, 5.41) is 5.92. The highest BCUT2D eigenvalue weighted by Gasteiger charge is 2.55. The lowest BCUT2D eigenvalue weighted by molar-refractivity contribution is -0.136. The van der Waals surface area contributed by atoms with Gasteiger partial charge in [0, 0.05) is 5.02 Å². The number of carbonyl (C=O) groups excluding carboxylic acids is 3. The molecule has 3 rings (SSSR count). The molecule has 2 aliphatic rings. The first-order valence-electron chi connectivity index (χ1n) is 8.65. The van der Waals surface area contributed by atoms with Gasteiger partial charge >= 0.3 is 6.03 Å². The second kappa shape index (κ2) is 7.15. The molecular formula is C18H22ClN3O4. The molecule has 2 N–H and O–H groups in total. The molecule has 1 aliphatic carbocycles. The van der Waals surface area contributed by atoms with E-state index in [9.17, 15) is 14.4 Å². The van der Waals surface area contributed by atoms with Crippen LogP contribution in [0.5, 0.6) is 5.75 Å². The Morgan fingerprint density at radius 2 is 2.19 bits per heavy atom. The molecule has 8 heteroatoms. The SMILES string of the molecule is COc1ccc(Cl)cc1NC(=O)CN1C(=O)N[C@@]2(CCCC[C@H]2C)C1=O. The van der Waals surface area contributed by atoms with Gasteiger partial charge in [-0.1, -0.05) is 31.4 Å². The monoisotopic (exact) mass is 379 g/mol. The third-order valence-corrected chi connectivity index (χ3v) is 5.47. The Labute approximate surface area is 157 Å². The Morgan fingerprint density at radius 3 is 2.88 bits per heavy atom. The summed E-state index contributed by atoms with van der Waals surface area (Å²) >= 11 is 5.95. The Kier molecular flexibility index (Phi) is 5.09. The van der Waals surface area contributed by atoms with E-state index in [-0.39, 0.29) is 18.4 Å². The van der Waals surface area contributed by atoms with Gasteiger partial charge in [-0.2, -0.15) is 0 Å². The zero-order chi connectivity index (χ0) is 18.9. The molecule has 1 aliphatic heterocycles. The number of nitrogens with zero attached hydrogens (tertiary/aromatic N) is 1. The lowest BCUT2D eigenvalue weighted by Gasteiger charge is -2.36. The van der Waals surface area contributed by atoms with Gasteiger partial charge in [-0.3, -0.25) is 14.5 Å². The number of urea groups is 1. The summed E-state index contributed by atoms with van der Waals surface area (Å²) in [6, 6.07) is 4.30. The average molecular weight is 380 g/mol. The lowest BCUT2D eigenvalue weighted by Crippen LogP contribution is -2.54. The molecule has 0 aromatic heterocycles. The number of ether oxygens (including phenoxy) is 1. The van der Waals surface area contributed by atoms with Crippen molar-refractivity contribution in [2.24, 2.45) is 5.92 Å². The number of anilines is 1. The van der Waals surface area contributed by atoms with Crippen molar-refractivity contribution >= 4 is 35.1 Å². The maximum absolute atomic E-state index is 12.9. The van der Waals surface area contributed by atoms with Gasteiger partial charge in [-0.15, -0.1) is 0 Å². The number of halogens is 1. The number of nitrogens with one attached hydrogen (secondary N) is 2. The molecule has 1 heterocycles. The van der Waals surface area contributed by atoms with Gasteiger partial charge in [-0.25, -0.2) is 4.79 Å². The Morgan fingerprint density at radius 1 is 1.42 bits per heavy atom. The van der Waals surface area contributed by atoms with Crippen molar-refractivity contribution in [1.82, 2.24) is 10.2 Å². The highest BCUT2D eigenvalue weighted by Crippen LogP contribution is 2.38. The summed E-state index contributed by atoms with van der Waals surface area (Å²) < 4.78 is 5.18. The van der Waals surface area contributed by atoms with Crippen LogP contribution in [0, 0.1) is 5.92 Å². The zero-order valence-electron chi connectivity index (χ0n) is 14.8. The van der Waals surface area contributed by atoms with Crippen LogP contribution < -0.4 is 15.4 Å². The van der Waals surface area contributed by atoms with E-state index in [2.05, 4.69) is 10.6 Å². The highest BCUT2D eigenvalue weighted by atomic mass is 35.5. The fraction of sp³-hybridized carbons (Fsp3) is 0.500. The van der Waals surface area contributed by atoms with E-state index in [4.69, 9.17) is 16.3 Å². The fourth-order valence-corrected chi connectivity index (χ4v) is 3.92. The number of rotatable bonds is 4. The normalized spacial score (nSPS) is 25.3. The third-order valence-electron chi connectivity index (χ3n) is 5.24. The number of amides is 4. The van der Waals surface area contributed by atoms with Crippen molar-refractivity contribution in [3.05, 3.63) is 23.2 Å². The van der Waals surface area contributed by atoms with Crippen LogP contribution >= 0.6 is 11.6 Å². The molecule has 2 atom stereocenters. The molecule has 0 bridgehead atoms. The summed E-state index contributed by atoms with van der Waals surface area (Å²) in [6.07, 6.45) is 3.42. The molecule has 4 amide bonds. The van der Waals surface area contributed by atoms with E-state index in [0.29, 0.717) is 22.9 Å². The summed E-state index contributed by atoms with van der Waals surface area (Å²) in [5.74, 6) is -0.316. The third kappa shape index (κ3) is 3.23. The smallest absolute Gasteiger partial charge is 0.325 e. The van der Waals surface area contributed by atoms with Crippen LogP contribution in [0.1, 0.15) is 32.6 Å². The summed E-state index contributed by atoms with van der Waals surface area (Å²) in [6.45, 7) is 1.62. The number of benzene rings is 1. The van der Waals surface area contributed by atoms with E-state index in [1.165, 1.54) is 7.11 Å². The summed E-state index contributed by atoms with van der Waals surface area (Å²) in [7, 11) is 1.48. The standard InChI is InChI=1S/C18H22ClN3O4/c1-11-5-3-4-8-18(11)16(24)22(17(25)21-18)10-15(23)20-13-9-12(19)6-7-14(13)26-2/h6-7,9,11H,3-5,8,10H2,1-2H3,(H,20,23)(H,21,25)/t11-,18-/m1/s1. The second-order valence-electron chi connectivity index (χ2n) is 6.83.